The first-order chi connectivity index (χ1) is 11.3. The molecule has 0 aromatic heterocycles. The second kappa shape index (κ2) is 9.91. The van der Waals surface area contributed by atoms with E-state index < -0.39 is 0 Å². The van der Waals surface area contributed by atoms with Crippen LogP contribution in [-0.4, -0.2) is 55.7 Å². The van der Waals surface area contributed by atoms with Gasteiger partial charge < -0.3 is 15.4 Å². The van der Waals surface area contributed by atoms with Crippen LogP contribution in [0.2, 0.25) is 0 Å². The van der Waals surface area contributed by atoms with Crippen molar-refractivity contribution >= 4 is 0 Å². The van der Waals surface area contributed by atoms with Crippen LogP contribution in [0.1, 0.15) is 44.7 Å². The largest absolute Gasteiger partial charge is 0.494 e. The van der Waals surface area contributed by atoms with E-state index in [1.807, 2.05) is 0 Å². The van der Waals surface area contributed by atoms with Gasteiger partial charge >= 0.3 is 0 Å². The van der Waals surface area contributed by atoms with Crippen LogP contribution < -0.4 is 10.5 Å². The lowest BCUT2D eigenvalue weighted by molar-refractivity contribution is 0.102. The van der Waals surface area contributed by atoms with E-state index in [2.05, 4.69) is 47.9 Å². The SMILES string of the molecule is CCCCCOc1ccc(C(CN)N2CCN(CC)CC2)cc1. The van der Waals surface area contributed by atoms with Gasteiger partial charge in [0, 0.05) is 38.8 Å². The van der Waals surface area contributed by atoms with Gasteiger partial charge in [-0.25, -0.2) is 0 Å². The third-order valence-electron chi connectivity index (χ3n) is 4.80. The molecule has 4 nitrogen and oxygen atoms in total. The summed E-state index contributed by atoms with van der Waals surface area (Å²) in [7, 11) is 0. The number of nitrogens with two attached hydrogens (primary N) is 1. The van der Waals surface area contributed by atoms with Crippen molar-refractivity contribution in [3.8, 4) is 5.75 Å². The number of benzene rings is 1. The van der Waals surface area contributed by atoms with Crippen molar-refractivity contribution in [2.24, 2.45) is 5.73 Å². The molecule has 0 aliphatic carbocycles. The summed E-state index contributed by atoms with van der Waals surface area (Å²) in [5, 5.41) is 0. The molecule has 0 bridgehead atoms. The van der Waals surface area contributed by atoms with Crippen LogP contribution in [0.4, 0.5) is 0 Å². The molecule has 1 saturated heterocycles. The van der Waals surface area contributed by atoms with Crippen LogP contribution in [0, 0.1) is 0 Å². The monoisotopic (exact) mass is 319 g/mol. The van der Waals surface area contributed by atoms with Gasteiger partial charge in [0.1, 0.15) is 5.75 Å². The van der Waals surface area contributed by atoms with E-state index in [1.54, 1.807) is 0 Å². The Morgan fingerprint density at radius 2 is 1.74 bits per heavy atom. The van der Waals surface area contributed by atoms with Crippen molar-refractivity contribution in [3.05, 3.63) is 29.8 Å². The third-order valence-corrected chi connectivity index (χ3v) is 4.80. The Morgan fingerprint density at radius 1 is 1.04 bits per heavy atom. The summed E-state index contributed by atoms with van der Waals surface area (Å²) in [5.41, 5.74) is 7.37. The minimum absolute atomic E-state index is 0.322. The van der Waals surface area contributed by atoms with E-state index in [0.29, 0.717) is 12.6 Å². The van der Waals surface area contributed by atoms with Crippen molar-refractivity contribution in [1.82, 2.24) is 9.80 Å². The maximum absolute atomic E-state index is 6.07. The normalized spacial score (nSPS) is 18.0. The molecule has 1 aromatic rings. The standard InChI is InChI=1S/C19H33N3O/c1-3-5-6-15-23-18-9-7-17(8-10-18)19(16-20)22-13-11-21(4-2)12-14-22/h7-10,19H,3-6,11-16,20H2,1-2H3. The first kappa shape index (κ1) is 18.2. The minimum Gasteiger partial charge on any atom is -0.494 e. The van der Waals surface area contributed by atoms with Crippen LogP contribution in [0.25, 0.3) is 0 Å². The molecule has 1 heterocycles. The molecule has 1 aliphatic rings. The van der Waals surface area contributed by atoms with E-state index in [-0.39, 0.29) is 0 Å². The van der Waals surface area contributed by atoms with Crippen LogP contribution >= 0.6 is 0 Å². The van der Waals surface area contributed by atoms with Crippen molar-refractivity contribution in [3.63, 3.8) is 0 Å². The molecule has 0 spiro atoms. The molecule has 130 valence electrons. The second-order valence-corrected chi connectivity index (χ2v) is 6.35. The van der Waals surface area contributed by atoms with E-state index in [0.717, 1.165) is 51.5 Å². The van der Waals surface area contributed by atoms with Crippen molar-refractivity contribution in [1.29, 1.82) is 0 Å². The van der Waals surface area contributed by atoms with Crippen LogP contribution in [0.3, 0.4) is 0 Å². The molecule has 1 aliphatic heterocycles. The summed E-state index contributed by atoms with van der Waals surface area (Å²) in [4.78, 5) is 5.01. The van der Waals surface area contributed by atoms with E-state index in [1.165, 1.54) is 18.4 Å². The molecule has 23 heavy (non-hydrogen) atoms. The molecule has 1 unspecified atom stereocenters. The highest BCUT2D eigenvalue weighted by atomic mass is 16.5. The minimum atomic E-state index is 0.322. The van der Waals surface area contributed by atoms with Gasteiger partial charge in [0.2, 0.25) is 0 Å². The number of unbranched alkanes of at least 4 members (excludes halogenated alkanes) is 2. The lowest BCUT2D eigenvalue weighted by Crippen LogP contribution is -2.48. The van der Waals surface area contributed by atoms with Crippen molar-refractivity contribution < 1.29 is 4.74 Å². The van der Waals surface area contributed by atoms with Gasteiger partial charge in [-0.15, -0.1) is 0 Å². The van der Waals surface area contributed by atoms with Gasteiger partial charge in [0.05, 0.1) is 6.61 Å². The van der Waals surface area contributed by atoms with Crippen molar-refractivity contribution in [2.75, 3.05) is 45.9 Å². The Kier molecular flexibility index (Phi) is 7.86. The number of nitrogens with zero attached hydrogens (tertiary/aromatic N) is 2. The summed E-state index contributed by atoms with van der Waals surface area (Å²) >= 11 is 0. The topological polar surface area (TPSA) is 41.7 Å². The Labute approximate surface area is 141 Å². The Balaban J connectivity index is 1.88. The molecule has 1 aromatic carbocycles. The highest BCUT2D eigenvalue weighted by Crippen LogP contribution is 2.23. The molecule has 2 N–H and O–H groups in total. The number of hydrogen-bond donors (Lipinski definition) is 1. The zero-order valence-corrected chi connectivity index (χ0v) is 14.8. The highest BCUT2D eigenvalue weighted by Gasteiger charge is 2.23. The lowest BCUT2D eigenvalue weighted by Gasteiger charge is -2.38. The first-order valence-electron chi connectivity index (χ1n) is 9.17. The average molecular weight is 319 g/mol. The zero-order chi connectivity index (χ0) is 16.5. The molecule has 0 radical (unpaired) electrons. The van der Waals surface area contributed by atoms with Crippen molar-refractivity contribution in [2.45, 2.75) is 39.2 Å². The third kappa shape index (κ3) is 5.48. The number of ether oxygens (including phenoxy) is 1. The van der Waals surface area contributed by atoms with E-state index in [9.17, 15) is 0 Å². The molecular formula is C19H33N3O. The van der Waals surface area contributed by atoms with Crippen LogP contribution in [0.5, 0.6) is 5.75 Å². The van der Waals surface area contributed by atoms with Gasteiger partial charge in [-0.3, -0.25) is 4.90 Å². The van der Waals surface area contributed by atoms with Gasteiger partial charge in [-0.1, -0.05) is 38.8 Å². The Morgan fingerprint density at radius 3 is 2.30 bits per heavy atom. The summed E-state index contributed by atoms with van der Waals surface area (Å²) in [6, 6.07) is 8.86. The highest BCUT2D eigenvalue weighted by molar-refractivity contribution is 5.29. The van der Waals surface area contributed by atoms with Crippen LogP contribution in [0.15, 0.2) is 24.3 Å². The number of likely N-dealkylation sites (N-methyl/N-ethyl adjacent to an activating group) is 1. The maximum atomic E-state index is 6.07. The number of rotatable bonds is 9. The fourth-order valence-corrected chi connectivity index (χ4v) is 3.22. The molecule has 0 amide bonds. The van der Waals surface area contributed by atoms with E-state index >= 15 is 0 Å². The predicted octanol–water partition coefficient (Wildman–Crippen LogP) is 2.89. The average Bonchev–Trinajstić information content (AvgIpc) is 2.61. The molecule has 2 rings (SSSR count). The maximum Gasteiger partial charge on any atom is 0.119 e. The zero-order valence-electron chi connectivity index (χ0n) is 14.8. The Bertz CT molecular complexity index is 427. The fourth-order valence-electron chi connectivity index (χ4n) is 3.22. The van der Waals surface area contributed by atoms with Crippen LogP contribution in [-0.2, 0) is 0 Å². The summed E-state index contributed by atoms with van der Waals surface area (Å²) in [6.45, 7) is 11.6. The summed E-state index contributed by atoms with van der Waals surface area (Å²) in [6.07, 6.45) is 3.59. The van der Waals surface area contributed by atoms with Gasteiger partial charge in [0.25, 0.3) is 0 Å². The van der Waals surface area contributed by atoms with Gasteiger partial charge in [-0.05, 0) is 30.7 Å². The number of hydrogen-bond acceptors (Lipinski definition) is 4. The van der Waals surface area contributed by atoms with E-state index in [4.69, 9.17) is 10.5 Å². The summed E-state index contributed by atoms with van der Waals surface area (Å²) < 4.78 is 5.80. The second-order valence-electron chi connectivity index (χ2n) is 6.35. The predicted molar refractivity (Wildman–Crippen MR) is 96.9 cm³/mol. The molecule has 1 atom stereocenters. The quantitative estimate of drug-likeness (QED) is 0.711. The van der Waals surface area contributed by atoms with Gasteiger partial charge in [-0.2, -0.15) is 0 Å². The first-order valence-corrected chi connectivity index (χ1v) is 9.17. The Hall–Kier alpha value is -1.10. The lowest BCUT2D eigenvalue weighted by atomic mass is 10.0. The molecule has 0 saturated carbocycles. The summed E-state index contributed by atoms with van der Waals surface area (Å²) in [5.74, 6) is 0.969. The van der Waals surface area contributed by atoms with Gasteiger partial charge in [0.15, 0.2) is 0 Å². The molecule has 4 heteroatoms. The molecule has 1 fully saturated rings. The molecular weight excluding hydrogens is 286 g/mol. The smallest absolute Gasteiger partial charge is 0.119 e. The number of piperazine rings is 1. The fraction of sp³-hybridized carbons (Fsp3) is 0.684.